The number of rotatable bonds is 4. The van der Waals surface area contributed by atoms with E-state index in [0.29, 0.717) is 17.9 Å². The number of carbonyl (C=O) groups excluding carboxylic acids is 1. The lowest BCUT2D eigenvalue weighted by molar-refractivity contribution is -0.138. The van der Waals surface area contributed by atoms with Crippen LogP contribution >= 0.6 is 0 Å². The summed E-state index contributed by atoms with van der Waals surface area (Å²) in [6.07, 6.45) is 0. The van der Waals surface area contributed by atoms with E-state index in [4.69, 9.17) is 10.5 Å². The molecule has 0 saturated carbocycles. The molecule has 3 rings (SSSR count). The fraction of sp³-hybridized carbons (Fsp3) is 0.200. The van der Waals surface area contributed by atoms with E-state index in [1.54, 1.807) is 6.92 Å². The Morgan fingerprint density at radius 2 is 1.84 bits per heavy atom. The first kappa shape index (κ1) is 16.8. The molecule has 1 heterocycles. The number of hydrogen-bond acceptors (Lipinski definition) is 5. The van der Waals surface area contributed by atoms with Crippen LogP contribution in [0.2, 0.25) is 0 Å². The Balaban J connectivity index is 2.20. The Bertz CT molecular complexity index is 841. The molecule has 5 heteroatoms. The molecule has 0 bridgehead atoms. The largest absolute Gasteiger partial charge is 0.463 e. The van der Waals surface area contributed by atoms with E-state index in [9.17, 15) is 4.79 Å². The average molecular weight is 335 g/mol. The van der Waals surface area contributed by atoms with Crippen molar-refractivity contribution < 1.29 is 9.53 Å². The lowest BCUT2D eigenvalue weighted by atomic mass is 9.91. The smallest absolute Gasteiger partial charge is 0.338 e. The van der Waals surface area contributed by atoms with Crippen molar-refractivity contribution in [2.75, 3.05) is 6.61 Å². The molecule has 0 aromatic heterocycles. The summed E-state index contributed by atoms with van der Waals surface area (Å²) in [6, 6.07) is 16.9. The van der Waals surface area contributed by atoms with E-state index in [0.717, 1.165) is 16.7 Å². The van der Waals surface area contributed by atoms with Crippen molar-refractivity contribution in [1.29, 1.82) is 0 Å². The van der Waals surface area contributed by atoms with Gasteiger partial charge >= 0.3 is 5.97 Å². The van der Waals surface area contributed by atoms with Crippen molar-refractivity contribution in [2.24, 2.45) is 10.7 Å². The number of esters is 1. The topological polar surface area (TPSA) is 76.7 Å². The van der Waals surface area contributed by atoms with Crippen LogP contribution in [0, 0.1) is 6.92 Å². The van der Waals surface area contributed by atoms with Gasteiger partial charge in [-0.25, -0.2) is 9.79 Å². The normalized spacial score (nSPS) is 16.9. The van der Waals surface area contributed by atoms with Gasteiger partial charge in [0, 0.05) is 0 Å². The SMILES string of the molecule is CCOC(=O)C1=C(c2ccccc2)NC(N)=NC1c1ccccc1C. The molecule has 1 unspecified atom stereocenters. The summed E-state index contributed by atoms with van der Waals surface area (Å²) in [6.45, 7) is 4.08. The van der Waals surface area contributed by atoms with E-state index in [2.05, 4.69) is 10.3 Å². The summed E-state index contributed by atoms with van der Waals surface area (Å²) in [5.74, 6) is -0.112. The second-order valence-corrected chi connectivity index (χ2v) is 5.77. The molecule has 0 spiro atoms. The molecule has 1 aliphatic rings. The summed E-state index contributed by atoms with van der Waals surface area (Å²) in [7, 11) is 0. The number of hydrogen-bond donors (Lipinski definition) is 2. The van der Waals surface area contributed by atoms with E-state index in [1.165, 1.54) is 0 Å². The lowest BCUT2D eigenvalue weighted by Crippen LogP contribution is -2.37. The van der Waals surface area contributed by atoms with Gasteiger partial charge in [-0.05, 0) is 30.5 Å². The van der Waals surface area contributed by atoms with Crippen LogP contribution < -0.4 is 11.1 Å². The van der Waals surface area contributed by atoms with Crippen LogP contribution in [0.25, 0.3) is 5.70 Å². The zero-order valence-electron chi connectivity index (χ0n) is 14.3. The highest BCUT2D eigenvalue weighted by atomic mass is 16.5. The van der Waals surface area contributed by atoms with Crippen molar-refractivity contribution in [3.63, 3.8) is 0 Å². The minimum Gasteiger partial charge on any atom is -0.463 e. The first-order valence-corrected chi connectivity index (χ1v) is 8.24. The van der Waals surface area contributed by atoms with Gasteiger partial charge in [0.25, 0.3) is 0 Å². The third-order valence-electron chi connectivity index (χ3n) is 4.10. The standard InChI is InChI=1S/C20H21N3O2/c1-3-25-19(24)16-17(14-10-5-4-6-11-14)22-20(21)23-18(16)15-12-8-7-9-13(15)2/h4-12,18H,3H2,1-2H3,(H3,21,22,23). The van der Waals surface area contributed by atoms with E-state index >= 15 is 0 Å². The van der Waals surface area contributed by atoms with Crippen molar-refractivity contribution in [3.8, 4) is 0 Å². The van der Waals surface area contributed by atoms with Gasteiger partial charge in [-0.3, -0.25) is 0 Å². The van der Waals surface area contributed by atoms with Crippen LogP contribution in [-0.4, -0.2) is 18.5 Å². The number of ether oxygens (including phenoxy) is 1. The number of nitrogens with zero attached hydrogens (tertiary/aromatic N) is 1. The predicted molar refractivity (Wildman–Crippen MR) is 98.7 cm³/mol. The molecule has 1 atom stereocenters. The number of aryl methyl sites for hydroxylation is 1. The molecule has 2 aromatic rings. The van der Waals surface area contributed by atoms with Crippen LogP contribution in [0.4, 0.5) is 0 Å². The molecule has 0 fully saturated rings. The first-order valence-electron chi connectivity index (χ1n) is 8.24. The highest BCUT2D eigenvalue weighted by Gasteiger charge is 2.32. The second kappa shape index (κ2) is 7.21. The van der Waals surface area contributed by atoms with Gasteiger partial charge in [-0.1, -0.05) is 54.6 Å². The van der Waals surface area contributed by atoms with Crippen molar-refractivity contribution >= 4 is 17.6 Å². The molecular formula is C20H21N3O2. The Kier molecular flexibility index (Phi) is 4.84. The fourth-order valence-electron chi connectivity index (χ4n) is 2.94. The molecular weight excluding hydrogens is 314 g/mol. The summed E-state index contributed by atoms with van der Waals surface area (Å²) >= 11 is 0. The molecule has 0 amide bonds. The van der Waals surface area contributed by atoms with E-state index < -0.39 is 12.0 Å². The van der Waals surface area contributed by atoms with Crippen LogP contribution in [0.5, 0.6) is 0 Å². The maximum atomic E-state index is 12.8. The Morgan fingerprint density at radius 1 is 1.16 bits per heavy atom. The van der Waals surface area contributed by atoms with Crippen molar-refractivity contribution in [2.45, 2.75) is 19.9 Å². The van der Waals surface area contributed by atoms with Gasteiger partial charge < -0.3 is 15.8 Å². The summed E-state index contributed by atoms with van der Waals surface area (Å²) in [4.78, 5) is 17.3. The number of nitrogens with two attached hydrogens (primary N) is 1. The van der Waals surface area contributed by atoms with Gasteiger partial charge in [0.15, 0.2) is 5.96 Å². The third kappa shape index (κ3) is 3.40. The molecule has 0 radical (unpaired) electrons. The number of nitrogens with one attached hydrogen (secondary N) is 1. The van der Waals surface area contributed by atoms with Crippen molar-refractivity contribution in [3.05, 3.63) is 76.9 Å². The fourth-order valence-corrected chi connectivity index (χ4v) is 2.94. The average Bonchev–Trinajstić information content (AvgIpc) is 2.62. The minimum absolute atomic E-state index is 0.278. The van der Waals surface area contributed by atoms with Gasteiger partial charge in [0.05, 0.1) is 17.9 Å². The maximum absolute atomic E-state index is 12.8. The lowest BCUT2D eigenvalue weighted by Gasteiger charge is -2.27. The van der Waals surface area contributed by atoms with Gasteiger partial charge in [0.2, 0.25) is 0 Å². The van der Waals surface area contributed by atoms with Crippen LogP contribution in [0.15, 0.2) is 65.2 Å². The molecule has 25 heavy (non-hydrogen) atoms. The monoisotopic (exact) mass is 335 g/mol. The molecule has 128 valence electrons. The quantitative estimate of drug-likeness (QED) is 0.842. The molecule has 0 saturated heterocycles. The van der Waals surface area contributed by atoms with Gasteiger partial charge in [0.1, 0.15) is 6.04 Å². The number of carbonyl (C=O) groups is 1. The Labute approximate surface area is 147 Å². The third-order valence-corrected chi connectivity index (χ3v) is 4.10. The summed E-state index contributed by atoms with van der Waals surface area (Å²) in [5.41, 5.74) is 9.98. The van der Waals surface area contributed by atoms with E-state index in [-0.39, 0.29) is 5.96 Å². The van der Waals surface area contributed by atoms with Gasteiger partial charge in [-0.15, -0.1) is 0 Å². The highest BCUT2D eigenvalue weighted by molar-refractivity contribution is 6.04. The van der Waals surface area contributed by atoms with E-state index in [1.807, 2.05) is 61.5 Å². The minimum atomic E-state index is -0.503. The summed E-state index contributed by atoms with van der Waals surface area (Å²) < 4.78 is 5.31. The van der Waals surface area contributed by atoms with Crippen molar-refractivity contribution in [1.82, 2.24) is 5.32 Å². The molecule has 2 aromatic carbocycles. The zero-order chi connectivity index (χ0) is 17.8. The van der Waals surface area contributed by atoms with Crippen LogP contribution in [0.1, 0.15) is 29.7 Å². The highest BCUT2D eigenvalue weighted by Crippen LogP contribution is 2.35. The zero-order valence-corrected chi connectivity index (χ0v) is 14.3. The second-order valence-electron chi connectivity index (χ2n) is 5.77. The van der Waals surface area contributed by atoms with Crippen LogP contribution in [-0.2, 0) is 9.53 Å². The molecule has 1 aliphatic heterocycles. The predicted octanol–water partition coefficient (Wildman–Crippen LogP) is 2.93. The maximum Gasteiger partial charge on any atom is 0.338 e. The Morgan fingerprint density at radius 3 is 2.52 bits per heavy atom. The van der Waals surface area contributed by atoms with Gasteiger partial charge in [-0.2, -0.15) is 0 Å². The molecule has 5 nitrogen and oxygen atoms in total. The number of aliphatic imine (C=N–C) groups is 1. The molecule has 0 aliphatic carbocycles. The molecule has 3 N–H and O–H groups in total. The first-order chi connectivity index (χ1) is 12.1. The van der Waals surface area contributed by atoms with Crippen LogP contribution in [0.3, 0.4) is 0 Å². The Hall–Kier alpha value is -3.08. The number of guanidine groups is 1. The summed E-state index contributed by atoms with van der Waals surface area (Å²) in [5, 5.41) is 3.05. The number of benzene rings is 2.